The molecule has 0 bridgehead atoms. The van der Waals surface area contributed by atoms with E-state index in [0.29, 0.717) is 0 Å². The lowest BCUT2D eigenvalue weighted by Gasteiger charge is -2.37. The summed E-state index contributed by atoms with van der Waals surface area (Å²) in [5.74, 6) is 0. The third-order valence-electron chi connectivity index (χ3n) is 7.60. The van der Waals surface area contributed by atoms with Gasteiger partial charge in [0.15, 0.2) is 0 Å². The molecule has 0 aliphatic carbocycles. The largest absolute Gasteiger partial charge is 0.306 e. The van der Waals surface area contributed by atoms with Crippen LogP contribution in [0.25, 0.3) is 43.8 Å². The molecule has 0 N–H and O–H groups in total. The molecule has 1 aliphatic heterocycles. The first kappa shape index (κ1) is 23.0. The van der Waals surface area contributed by atoms with Crippen LogP contribution in [0.4, 0.5) is 17.1 Å². The summed E-state index contributed by atoms with van der Waals surface area (Å²) in [5, 5.41) is 4.89. The van der Waals surface area contributed by atoms with Crippen LogP contribution in [0.15, 0.2) is 150 Å². The number of fused-ring (bicyclic) bond motifs is 6. The molecule has 0 fully saturated rings. The zero-order chi connectivity index (χ0) is 26.5. The number of hydrogen-bond donors (Lipinski definition) is 0. The molecule has 0 unspecified atom stereocenters. The van der Waals surface area contributed by atoms with E-state index in [1.165, 1.54) is 42.7 Å². The molecular weight excluding hydrogens is 506 g/mol. The molecule has 0 saturated carbocycles. The van der Waals surface area contributed by atoms with Crippen molar-refractivity contribution in [2.75, 3.05) is 4.90 Å². The Labute approximate surface area is 236 Å². The predicted octanol–water partition coefficient (Wildman–Crippen LogP) is 10.1. The maximum absolute atomic E-state index is 4.50. The van der Waals surface area contributed by atoms with E-state index >= 15 is 0 Å². The number of pyridine rings is 2. The fourth-order valence-corrected chi connectivity index (χ4v) is 6.95. The fraction of sp³-hybridized carbons (Fsp3) is 0. The average Bonchev–Trinajstić information content (AvgIpc) is 3.04. The maximum atomic E-state index is 4.50. The molecule has 40 heavy (non-hydrogen) atoms. The van der Waals surface area contributed by atoms with Crippen LogP contribution in [0, 0.1) is 0 Å². The normalized spacial score (nSPS) is 12.3. The van der Waals surface area contributed by atoms with E-state index in [9.17, 15) is 0 Å². The SMILES string of the molecule is c1cncc(-c2cccc(-c3cccnc3)c2N2c3c(ccc4ccccc34)Sc3ccc4ccccc4c32)c1. The van der Waals surface area contributed by atoms with Gasteiger partial charge in [-0.05, 0) is 35.0 Å². The fourth-order valence-electron chi connectivity index (χ4n) is 5.84. The second-order valence-electron chi connectivity index (χ2n) is 9.89. The number of hydrogen-bond acceptors (Lipinski definition) is 4. The highest BCUT2D eigenvalue weighted by molar-refractivity contribution is 7.99. The van der Waals surface area contributed by atoms with Gasteiger partial charge in [0.2, 0.25) is 0 Å². The lowest BCUT2D eigenvalue weighted by molar-refractivity contribution is 1.19. The summed E-state index contributed by atoms with van der Waals surface area (Å²) in [7, 11) is 0. The van der Waals surface area contributed by atoms with Gasteiger partial charge in [-0.2, -0.15) is 0 Å². The monoisotopic (exact) mass is 529 g/mol. The summed E-state index contributed by atoms with van der Waals surface area (Å²) in [6.07, 6.45) is 7.58. The summed E-state index contributed by atoms with van der Waals surface area (Å²) >= 11 is 1.85. The Balaban J connectivity index is 1.57. The predicted molar refractivity (Wildman–Crippen MR) is 167 cm³/mol. The van der Waals surface area contributed by atoms with E-state index in [1.807, 2.05) is 48.7 Å². The molecule has 3 nitrogen and oxygen atoms in total. The Kier molecular flexibility index (Phi) is 5.39. The summed E-state index contributed by atoms with van der Waals surface area (Å²) in [6.45, 7) is 0. The molecule has 8 rings (SSSR count). The van der Waals surface area contributed by atoms with Crippen LogP contribution in [-0.2, 0) is 0 Å². The molecule has 0 spiro atoms. The number of benzene rings is 5. The van der Waals surface area contributed by atoms with Crippen LogP contribution >= 0.6 is 11.8 Å². The van der Waals surface area contributed by atoms with Gasteiger partial charge >= 0.3 is 0 Å². The van der Waals surface area contributed by atoms with Crippen LogP contribution in [-0.4, -0.2) is 9.97 Å². The second-order valence-corrected chi connectivity index (χ2v) is 11.0. The number of aromatic nitrogens is 2. The van der Waals surface area contributed by atoms with Gasteiger partial charge in [-0.15, -0.1) is 0 Å². The summed E-state index contributed by atoms with van der Waals surface area (Å²) in [5.41, 5.74) is 7.93. The van der Waals surface area contributed by atoms with Gasteiger partial charge in [0, 0.05) is 67.6 Å². The van der Waals surface area contributed by atoms with Crippen molar-refractivity contribution in [3.63, 3.8) is 0 Å². The van der Waals surface area contributed by atoms with Crippen molar-refractivity contribution in [2.24, 2.45) is 0 Å². The highest BCUT2D eigenvalue weighted by Crippen LogP contribution is 2.58. The van der Waals surface area contributed by atoms with Gasteiger partial charge in [-0.25, -0.2) is 0 Å². The highest BCUT2D eigenvalue weighted by Gasteiger charge is 2.32. The minimum Gasteiger partial charge on any atom is -0.306 e. The summed E-state index contributed by atoms with van der Waals surface area (Å²) < 4.78 is 0. The van der Waals surface area contributed by atoms with E-state index in [2.05, 4.69) is 118 Å². The van der Waals surface area contributed by atoms with Crippen LogP contribution in [0.1, 0.15) is 0 Å². The van der Waals surface area contributed by atoms with Crippen molar-refractivity contribution in [2.45, 2.75) is 9.79 Å². The smallest absolute Gasteiger partial charge is 0.0680 e. The Morgan fingerprint density at radius 2 is 0.975 bits per heavy atom. The molecule has 3 heterocycles. The number of nitrogens with zero attached hydrogens (tertiary/aromatic N) is 3. The molecule has 0 saturated heterocycles. The first-order chi connectivity index (χ1) is 19.9. The van der Waals surface area contributed by atoms with Crippen LogP contribution in [0.2, 0.25) is 0 Å². The van der Waals surface area contributed by atoms with Gasteiger partial charge in [0.25, 0.3) is 0 Å². The lowest BCUT2D eigenvalue weighted by atomic mass is 9.94. The van der Waals surface area contributed by atoms with Crippen molar-refractivity contribution < 1.29 is 0 Å². The summed E-state index contributed by atoms with van der Waals surface area (Å²) in [6, 6.07) is 41.3. The second kappa shape index (κ2) is 9.37. The van der Waals surface area contributed by atoms with Gasteiger partial charge < -0.3 is 4.90 Å². The maximum Gasteiger partial charge on any atom is 0.0680 e. The van der Waals surface area contributed by atoms with Crippen LogP contribution in [0.5, 0.6) is 0 Å². The zero-order valence-corrected chi connectivity index (χ0v) is 22.3. The molecule has 2 aromatic heterocycles. The molecule has 5 aromatic carbocycles. The van der Waals surface area contributed by atoms with Crippen molar-refractivity contribution in [3.8, 4) is 22.3 Å². The minimum absolute atomic E-state index is 1.07. The van der Waals surface area contributed by atoms with Gasteiger partial charge in [-0.3, -0.25) is 9.97 Å². The number of rotatable bonds is 3. The first-order valence-electron chi connectivity index (χ1n) is 13.3. The average molecular weight is 530 g/mol. The summed E-state index contributed by atoms with van der Waals surface area (Å²) in [4.78, 5) is 14.0. The molecule has 188 valence electrons. The van der Waals surface area contributed by atoms with Gasteiger partial charge in [0.1, 0.15) is 0 Å². The molecule has 7 aromatic rings. The minimum atomic E-state index is 1.07. The topological polar surface area (TPSA) is 29.0 Å². The van der Waals surface area contributed by atoms with Crippen molar-refractivity contribution >= 4 is 50.4 Å². The standard InChI is InChI=1S/C36H23N3S/c1-3-12-28-24(8-1)16-18-32-35(28)39(36-29-13-4-2-9-25(29)17-19-33(36)40-32)34-30(26-10-6-20-37-22-26)14-5-15-31(34)27-11-7-21-38-23-27/h1-23H. The van der Waals surface area contributed by atoms with E-state index in [0.717, 1.165) is 27.9 Å². The van der Waals surface area contributed by atoms with Gasteiger partial charge in [0.05, 0.1) is 17.1 Å². The third-order valence-corrected chi connectivity index (χ3v) is 8.70. The quantitative estimate of drug-likeness (QED) is 0.228. The molecule has 0 atom stereocenters. The Hall–Kier alpha value is -4.93. The molecule has 1 aliphatic rings. The van der Waals surface area contributed by atoms with Crippen molar-refractivity contribution in [1.29, 1.82) is 0 Å². The number of para-hydroxylation sites is 1. The molecule has 4 heteroatoms. The van der Waals surface area contributed by atoms with E-state index in [4.69, 9.17) is 0 Å². The third kappa shape index (κ3) is 3.61. The van der Waals surface area contributed by atoms with Crippen LogP contribution in [0.3, 0.4) is 0 Å². The molecular formula is C36H23N3S. The van der Waals surface area contributed by atoms with E-state index in [1.54, 1.807) is 0 Å². The lowest BCUT2D eigenvalue weighted by Crippen LogP contribution is -2.18. The van der Waals surface area contributed by atoms with Gasteiger partial charge in [-0.1, -0.05) is 103 Å². The van der Waals surface area contributed by atoms with E-state index < -0.39 is 0 Å². The van der Waals surface area contributed by atoms with Crippen LogP contribution < -0.4 is 4.90 Å². The van der Waals surface area contributed by atoms with Crippen molar-refractivity contribution in [1.82, 2.24) is 9.97 Å². The Bertz CT molecular complexity index is 1890. The Morgan fingerprint density at radius 1 is 0.450 bits per heavy atom. The Morgan fingerprint density at radius 3 is 1.48 bits per heavy atom. The number of anilines is 3. The van der Waals surface area contributed by atoms with Crippen molar-refractivity contribution in [3.05, 3.63) is 140 Å². The molecule has 0 radical (unpaired) electrons. The van der Waals surface area contributed by atoms with E-state index in [-0.39, 0.29) is 0 Å². The first-order valence-corrected chi connectivity index (χ1v) is 14.1. The highest BCUT2D eigenvalue weighted by atomic mass is 32.2. The molecule has 0 amide bonds. The zero-order valence-electron chi connectivity index (χ0n) is 21.5.